The van der Waals surface area contributed by atoms with Crippen LogP contribution in [0.1, 0.15) is 17.5 Å². The summed E-state index contributed by atoms with van der Waals surface area (Å²) in [7, 11) is -2.87. The van der Waals surface area contributed by atoms with E-state index in [9.17, 15) is 13.5 Å². The van der Waals surface area contributed by atoms with Crippen molar-refractivity contribution in [2.75, 3.05) is 13.7 Å². The molecule has 0 saturated carbocycles. The molecule has 1 rings (SSSR count). The molecule has 0 fully saturated rings. The monoisotopic (exact) mass is 276 g/mol. The van der Waals surface area contributed by atoms with Crippen molar-refractivity contribution in [2.24, 2.45) is 0 Å². The molecule has 0 aromatic heterocycles. The summed E-state index contributed by atoms with van der Waals surface area (Å²) >= 11 is 0. The summed E-state index contributed by atoms with van der Waals surface area (Å²) in [5.41, 5.74) is 1.45. The fourth-order valence-corrected chi connectivity index (χ4v) is 1.85. The highest BCUT2D eigenvalue weighted by Gasteiger charge is 2.09. The maximum Gasteiger partial charge on any atom is 0.397 e. The zero-order valence-corrected chi connectivity index (χ0v) is 11.0. The maximum absolute atomic E-state index is 10.3. The molecular formula is C11H16O6S. The van der Waals surface area contributed by atoms with Gasteiger partial charge in [0.15, 0.2) is 0 Å². The van der Waals surface area contributed by atoms with Crippen LogP contribution in [0.4, 0.5) is 0 Å². The van der Waals surface area contributed by atoms with Crippen LogP contribution in [-0.4, -0.2) is 31.8 Å². The van der Waals surface area contributed by atoms with Gasteiger partial charge in [-0.1, -0.05) is 0 Å². The lowest BCUT2D eigenvalue weighted by atomic mass is 10.1. The Balaban J connectivity index is 2.64. The van der Waals surface area contributed by atoms with Crippen molar-refractivity contribution in [2.45, 2.75) is 19.8 Å². The third-order valence-corrected chi connectivity index (χ3v) is 2.89. The standard InChI is InChI=1S/C11H16O6S/c1-8-6-11(16-2)9(7-10(8)12)4-3-5-17-18(13,14)15/h6-7,12H,3-5H2,1-2H3,(H,13,14,15). The van der Waals surface area contributed by atoms with Gasteiger partial charge in [-0.3, -0.25) is 4.55 Å². The number of hydrogen-bond acceptors (Lipinski definition) is 5. The molecule has 0 atom stereocenters. The summed E-state index contributed by atoms with van der Waals surface area (Å²) in [5.74, 6) is 0.777. The molecule has 102 valence electrons. The van der Waals surface area contributed by atoms with Crippen LogP contribution in [0.5, 0.6) is 11.5 Å². The molecule has 0 amide bonds. The van der Waals surface area contributed by atoms with Crippen LogP contribution in [-0.2, 0) is 21.0 Å². The molecule has 0 heterocycles. The smallest absolute Gasteiger partial charge is 0.397 e. The Kier molecular flexibility index (Phi) is 4.94. The third-order valence-electron chi connectivity index (χ3n) is 2.42. The number of phenols is 1. The number of methoxy groups -OCH3 is 1. The Morgan fingerprint density at radius 3 is 2.56 bits per heavy atom. The van der Waals surface area contributed by atoms with Crippen LogP contribution in [0.25, 0.3) is 0 Å². The first-order valence-electron chi connectivity index (χ1n) is 5.32. The van der Waals surface area contributed by atoms with Gasteiger partial charge in [0.25, 0.3) is 0 Å². The van der Waals surface area contributed by atoms with Crippen molar-refractivity contribution in [3.63, 3.8) is 0 Å². The van der Waals surface area contributed by atoms with E-state index in [0.29, 0.717) is 24.2 Å². The van der Waals surface area contributed by atoms with E-state index >= 15 is 0 Å². The second-order valence-corrected chi connectivity index (χ2v) is 4.89. The lowest BCUT2D eigenvalue weighted by molar-refractivity contribution is 0.264. The second kappa shape index (κ2) is 6.03. The molecule has 6 nitrogen and oxygen atoms in total. The zero-order chi connectivity index (χ0) is 13.8. The van der Waals surface area contributed by atoms with Crippen molar-refractivity contribution >= 4 is 10.4 Å². The number of ether oxygens (including phenoxy) is 1. The molecule has 1 aromatic carbocycles. The van der Waals surface area contributed by atoms with Crippen molar-refractivity contribution in [3.8, 4) is 11.5 Å². The van der Waals surface area contributed by atoms with Gasteiger partial charge in [0, 0.05) is 0 Å². The molecule has 0 radical (unpaired) electrons. The van der Waals surface area contributed by atoms with E-state index in [1.807, 2.05) is 0 Å². The van der Waals surface area contributed by atoms with Gasteiger partial charge >= 0.3 is 10.4 Å². The van der Waals surface area contributed by atoms with Gasteiger partial charge < -0.3 is 9.84 Å². The van der Waals surface area contributed by atoms with E-state index in [2.05, 4.69) is 4.18 Å². The maximum atomic E-state index is 10.3. The molecule has 7 heteroatoms. The Morgan fingerprint density at radius 2 is 2.00 bits per heavy atom. The summed E-state index contributed by atoms with van der Waals surface area (Å²) in [6.07, 6.45) is 0.838. The van der Waals surface area contributed by atoms with E-state index in [1.165, 1.54) is 7.11 Å². The second-order valence-electron chi connectivity index (χ2n) is 3.80. The van der Waals surface area contributed by atoms with Gasteiger partial charge in [0.1, 0.15) is 11.5 Å². The Bertz CT molecular complexity index is 509. The van der Waals surface area contributed by atoms with E-state index in [0.717, 1.165) is 5.56 Å². The molecule has 0 unspecified atom stereocenters. The molecule has 0 saturated heterocycles. The van der Waals surface area contributed by atoms with Gasteiger partial charge in [-0.25, -0.2) is 4.18 Å². The number of phenolic OH excluding ortho intramolecular Hbond substituents is 1. The fraction of sp³-hybridized carbons (Fsp3) is 0.455. The van der Waals surface area contributed by atoms with Crippen LogP contribution in [0.2, 0.25) is 0 Å². The number of hydrogen-bond donors (Lipinski definition) is 2. The molecule has 1 aromatic rings. The minimum atomic E-state index is -4.39. The molecule has 0 aliphatic heterocycles. The molecule has 0 aliphatic rings. The Morgan fingerprint density at radius 1 is 1.33 bits per heavy atom. The largest absolute Gasteiger partial charge is 0.508 e. The molecule has 2 N–H and O–H groups in total. The molecule has 18 heavy (non-hydrogen) atoms. The summed E-state index contributed by atoms with van der Waals surface area (Å²) in [5, 5.41) is 9.58. The first kappa shape index (κ1) is 14.7. The van der Waals surface area contributed by atoms with Crippen molar-refractivity contribution < 1.29 is 27.0 Å². The van der Waals surface area contributed by atoms with Gasteiger partial charge in [0.05, 0.1) is 13.7 Å². The highest BCUT2D eigenvalue weighted by molar-refractivity contribution is 7.80. The summed E-state index contributed by atoms with van der Waals surface area (Å²) in [4.78, 5) is 0. The normalized spacial score (nSPS) is 11.5. The van der Waals surface area contributed by atoms with E-state index in [-0.39, 0.29) is 12.4 Å². The average Bonchev–Trinajstić information content (AvgIpc) is 2.27. The Hall–Kier alpha value is -1.31. The molecule has 0 spiro atoms. The van der Waals surface area contributed by atoms with Crippen LogP contribution < -0.4 is 4.74 Å². The predicted octanol–water partition coefficient (Wildman–Crippen LogP) is 1.46. The van der Waals surface area contributed by atoms with Crippen molar-refractivity contribution in [1.82, 2.24) is 0 Å². The van der Waals surface area contributed by atoms with Gasteiger partial charge in [-0.15, -0.1) is 0 Å². The number of aryl methyl sites for hydroxylation is 2. The van der Waals surface area contributed by atoms with Gasteiger partial charge in [-0.05, 0) is 43.0 Å². The summed E-state index contributed by atoms with van der Waals surface area (Å²) < 4.78 is 38.4. The minimum absolute atomic E-state index is 0.128. The average molecular weight is 276 g/mol. The molecule has 0 aliphatic carbocycles. The topological polar surface area (TPSA) is 93.1 Å². The van der Waals surface area contributed by atoms with Crippen LogP contribution in [0, 0.1) is 6.92 Å². The van der Waals surface area contributed by atoms with Crippen molar-refractivity contribution in [3.05, 3.63) is 23.3 Å². The third kappa shape index (κ3) is 4.52. The molecule has 0 bridgehead atoms. The summed E-state index contributed by atoms with van der Waals surface area (Å²) in [6, 6.07) is 3.27. The SMILES string of the molecule is COc1cc(C)c(O)cc1CCCOS(=O)(=O)O. The highest BCUT2D eigenvalue weighted by Crippen LogP contribution is 2.28. The van der Waals surface area contributed by atoms with Crippen LogP contribution in [0.15, 0.2) is 12.1 Å². The van der Waals surface area contributed by atoms with Crippen molar-refractivity contribution in [1.29, 1.82) is 0 Å². The fourth-order valence-electron chi connectivity index (χ4n) is 1.53. The number of aromatic hydroxyl groups is 1. The summed E-state index contributed by atoms with van der Waals surface area (Å²) in [6.45, 7) is 1.62. The highest BCUT2D eigenvalue weighted by atomic mass is 32.3. The van der Waals surface area contributed by atoms with E-state index in [1.54, 1.807) is 19.1 Å². The van der Waals surface area contributed by atoms with Gasteiger partial charge in [-0.2, -0.15) is 8.42 Å². The molecular weight excluding hydrogens is 260 g/mol. The number of benzene rings is 1. The first-order chi connectivity index (χ1) is 8.33. The van der Waals surface area contributed by atoms with Crippen LogP contribution >= 0.6 is 0 Å². The quantitative estimate of drug-likeness (QED) is 0.603. The van der Waals surface area contributed by atoms with E-state index < -0.39 is 10.4 Å². The van der Waals surface area contributed by atoms with Crippen LogP contribution in [0.3, 0.4) is 0 Å². The number of rotatable bonds is 6. The zero-order valence-electron chi connectivity index (χ0n) is 10.2. The first-order valence-corrected chi connectivity index (χ1v) is 6.68. The lowest BCUT2D eigenvalue weighted by Gasteiger charge is -2.10. The minimum Gasteiger partial charge on any atom is -0.508 e. The predicted molar refractivity (Wildman–Crippen MR) is 65.2 cm³/mol. The van der Waals surface area contributed by atoms with Gasteiger partial charge in [0.2, 0.25) is 0 Å². The lowest BCUT2D eigenvalue weighted by Crippen LogP contribution is -2.06. The Labute approximate surface area is 106 Å². The van der Waals surface area contributed by atoms with E-state index in [4.69, 9.17) is 9.29 Å².